The summed E-state index contributed by atoms with van der Waals surface area (Å²) in [6, 6.07) is 0. The highest BCUT2D eigenvalue weighted by atomic mass is 14.5. The minimum absolute atomic E-state index is 0.733. The first-order chi connectivity index (χ1) is 7.00. The molecule has 4 unspecified atom stereocenters. The molecule has 82 valence electrons. The van der Waals surface area contributed by atoms with Gasteiger partial charge in [-0.2, -0.15) is 0 Å². The summed E-state index contributed by atoms with van der Waals surface area (Å²) in [5, 5.41) is 0. The maximum Gasteiger partial charge on any atom is -0.0200 e. The normalized spacial score (nSPS) is 41.6. The van der Waals surface area contributed by atoms with E-state index in [-0.39, 0.29) is 0 Å². The van der Waals surface area contributed by atoms with E-state index in [0.29, 0.717) is 0 Å². The Hall–Kier alpha value is -0.780. The number of rotatable bonds is 1. The molecule has 0 spiro atoms. The molecule has 0 bridgehead atoms. The Kier molecular flexibility index (Phi) is 2.62. The van der Waals surface area contributed by atoms with Gasteiger partial charge in [-0.15, -0.1) is 0 Å². The van der Waals surface area contributed by atoms with Crippen LogP contribution in [0.2, 0.25) is 0 Å². The van der Waals surface area contributed by atoms with Crippen molar-refractivity contribution >= 4 is 0 Å². The van der Waals surface area contributed by atoms with E-state index < -0.39 is 0 Å². The Bertz CT molecular complexity index is 321. The summed E-state index contributed by atoms with van der Waals surface area (Å²) >= 11 is 0. The van der Waals surface area contributed by atoms with Crippen molar-refractivity contribution in [3.63, 3.8) is 0 Å². The van der Waals surface area contributed by atoms with Crippen molar-refractivity contribution in [1.29, 1.82) is 0 Å². The minimum Gasteiger partial charge on any atom is -0.0996 e. The summed E-state index contributed by atoms with van der Waals surface area (Å²) < 4.78 is 0. The lowest BCUT2D eigenvalue weighted by Gasteiger charge is -2.47. The molecule has 2 aliphatic rings. The van der Waals surface area contributed by atoms with Gasteiger partial charge in [0.2, 0.25) is 0 Å². The van der Waals surface area contributed by atoms with Crippen molar-refractivity contribution < 1.29 is 0 Å². The van der Waals surface area contributed by atoms with E-state index in [0.717, 1.165) is 30.1 Å². The molecular weight excluding hydrogens is 180 g/mol. The van der Waals surface area contributed by atoms with Crippen LogP contribution in [-0.4, -0.2) is 0 Å². The highest BCUT2D eigenvalue weighted by Gasteiger charge is 2.40. The molecule has 0 aliphatic heterocycles. The van der Waals surface area contributed by atoms with Gasteiger partial charge in [0, 0.05) is 0 Å². The smallest absolute Gasteiger partial charge is 0.0200 e. The van der Waals surface area contributed by atoms with E-state index in [1.165, 1.54) is 29.6 Å². The molecule has 0 saturated heterocycles. The largest absolute Gasteiger partial charge is 0.0996 e. The standard InChI is InChI=1S/C15H22/c1-9-6-12(4)14(7-10(9)2)15-8-11(3)13(15)5/h12-15H,1-3,6-8H2,4-5H3. The minimum atomic E-state index is 0.733. The Labute approximate surface area is 93.8 Å². The van der Waals surface area contributed by atoms with Crippen LogP contribution < -0.4 is 0 Å². The van der Waals surface area contributed by atoms with Crippen LogP contribution in [0.3, 0.4) is 0 Å². The average molecular weight is 202 g/mol. The summed E-state index contributed by atoms with van der Waals surface area (Å²) in [5.41, 5.74) is 4.02. The van der Waals surface area contributed by atoms with Crippen LogP contribution in [0.5, 0.6) is 0 Å². The molecule has 2 fully saturated rings. The molecule has 0 radical (unpaired) electrons. The predicted molar refractivity (Wildman–Crippen MR) is 66.6 cm³/mol. The van der Waals surface area contributed by atoms with Crippen LogP contribution in [0.4, 0.5) is 0 Å². The van der Waals surface area contributed by atoms with E-state index in [4.69, 9.17) is 0 Å². The molecule has 0 heteroatoms. The zero-order chi connectivity index (χ0) is 11.2. The molecule has 4 atom stereocenters. The van der Waals surface area contributed by atoms with E-state index in [9.17, 15) is 0 Å². The van der Waals surface area contributed by atoms with Crippen molar-refractivity contribution in [2.24, 2.45) is 23.7 Å². The molecule has 0 aromatic carbocycles. The van der Waals surface area contributed by atoms with Gasteiger partial charge in [0.1, 0.15) is 0 Å². The maximum absolute atomic E-state index is 4.14. The second-order valence-electron chi connectivity index (χ2n) is 5.57. The van der Waals surface area contributed by atoms with Crippen molar-refractivity contribution in [1.82, 2.24) is 0 Å². The van der Waals surface area contributed by atoms with Gasteiger partial charge in [0.05, 0.1) is 0 Å². The van der Waals surface area contributed by atoms with Gasteiger partial charge < -0.3 is 0 Å². The van der Waals surface area contributed by atoms with E-state index in [2.05, 4.69) is 33.6 Å². The third-order valence-corrected chi connectivity index (χ3v) is 4.62. The van der Waals surface area contributed by atoms with Gasteiger partial charge in [-0.25, -0.2) is 0 Å². The fourth-order valence-electron chi connectivity index (χ4n) is 3.22. The van der Waals surface area contributed by atoms with Gasteiger partial charge >= 0.3 is 0 Å². The molecule has 0 nitrogen and oxygen atoms in total. The topological polar surface area (TPSA) is 0 Å². The predicted octanol–water partition coefficient (Wildman–Crippen LogP) is 4.36. The highest BCUT2D eigenvalue weighted by molar-refractivity contribution is 5.30. The number of allylic oxidation sites excluding steroid dienone is 3. The van der Waals surface area contributed by atoms with Gasteiger partial charge in [0.15, 0.2) is 0 Å². The Morgan fingerprint density at radius 3 is 2.00 bits per heavy atom. The van der Waals surface area contributed by atoms with Crippen molar-refractivity contribution in [2.75, 3.05) is 0 Å². The highest BCUT2D eigenvalue weighted by Crippen LogP contribution is 2.50. The molecule has 0 amide bonds. The lowest BCUT2D eigenvalue weighted by molar-refractivity contribution is 0.132. The molecule has 0 heterocycles. The number of hydrogen-bond acceptors (Lipinski definition) is 0. The van der Waals surface area contributed by atoms with Gasteiger partial charge in [0.25, 0.3) is 0 Å². The molecule has 15 heavy (non-hydrogen) atoms. The lowest BCUT2D eigenvalue weighted by atomic mass is 9.58. The van der Waals surface area contributed by atoms with E-state index >= 15 is 0 Å². The first kappa shape index (κ1) is 10.7. The maximum atomic E-state index is 4.14. The van der Waals surface area contributed by atoms with Crippen LogP contribution >= 0.6 is 0 Å². The first-order valence-corrected chi connectivity index (χ1v) is 6.04. The van der Waals surface area contributed by atoms with Crippen LogP contribution in [0, 0.1) is 23.7 Å². The SMILES string of the molecule is C=C1CC(C)C(C2CC(=C)C2C)CC1=C. The summed E-state index contributed by atoms with van der Waals surface area (Å²) in [7, 11) is 0. The fourth-order valence-corrected chi connectivity index (χ4v) is 3.22. The quantitative estimate of drug-likeness (QED) is 0.554. The molecule has 2 aliphatic carbocycles. The lowest BCUT2D eigenvalue weighted by Crippen LogP contribution is -2.37. The number of hydrogen-bond donors (Lipinski definition) is 0. The zero-order valence-corrected chi connectivity index (χ0v) is 10.1. The van der Waals surface area contributed by atoms with Crippen LogP contribution in [-0.2, 0) is 0 Å². The molecule has 0 aromatic heterocycles. The first-order valence-electron chi connectivity index (χ1n) is 6.04. The van der Waals surface area contributed by atoms with Gasteiger partial charge in [-0.1, -0.05) is 50.3 Å². The van der Waals surface area contributed by atoms with E-state index in [1.54, 1.807) is 0 Å². The summed E-state index contributed by atoms with van der Waals surface area (Å²) in [5.74, 6) is 3.20. The third-order valence-electron chi connectivity index (χ3n) is 4.62. The van der Waals surface area contributed by atoms with Gasteiger partial charge in [-0.3, -0.25) is 0 Å². The van der Waals surface area contributed by atoms with Crippen LogP contribution in [0.25, 0.3) is 0 Å². The fraction of sp³-hybridized carbons (Fsp3) is 0.600. The molecule has 0 N–H and O–H groups in total. The Morgan fingerprint density at radius 2 is 1.47 bits per heavy atom. The van der Waals surface area contributed by atoms with Crippen molar-refractivity contribution in [3.05, 3.63) is 36.5 Å². The van der Waals surface area contributed by atoms with Crippen molar-refractivity contribution in [3.8, 4) is 0 Å². The van der Waals surface area contributed by atoms with Crippen LogP contribution in [0.15, 0.2) is 36.5 Å². The summed E-state index contributed by atoms with van der Waals surface area (Å²) in [6.45, 7) is 17.0. The second kappa shape index (κ2) is 3.66. The molecular formula is C15H22. The third kappa shape index (κ3) is 1.71. The second-order valence-corrected chi connectivity index (χ2v) is 5.57. The Balaban J connectivity index is 2.07. The van der Waals surface area contributed by atoms with Gasteiger partial charge in [-0.05, 0) is 42.9 Å². The monoisotopic (exact) mass is 202 g/mol. The summed E-state index contributed by atoms with van der Waals surface area (Å²) in [4.78, 5) is 0. The molecule has 2 rings (SSSR count). The molecule has 2 saturated carbocycles. The Morgan fingerprint density at radius 1 is 0.867 bits per heavy atom. The van der Waals surface area contributed by atoms with Crippen LogP contribution in [0.1, 0.15) is 33.1 Å². The summed E-state index contributed by atoms with van der Waals surface area (Å²) in [6.07, 6.45) is 3.57. The average Bonchev–Trinajstić information content (AvgIpc) is 2.20. The zero-order valence-electron chi connectivity index (χ0n) is 10.1. The van der Waals surface area contributed by atoms with E-state index in [1.807, 2.05) is 0 Å². The van der Waals surface area contributed by atoms with Crippen molar-refractivity contribution in [2.45, 2.75) is 33.1 Å². The molecule has 0 aromatic rings.